The molecule has 22 heavy (non-hydrogen) atoms. The van der Waals surface area contributed by atoms with Crippen LogP contribution >= 0.6 is 0 Å². The second kappa shape index (κ2) is 7.82. The van der Waals surface area contributed by atoms with Crippen molar-refractivity contribution in [2.45, 2.75) is 33.6 Å². The molecular weight excluding hydrogens is 280 g/mol. The number of rotatable bonds is 5. The molecule has 0 atom stereocenters. The number of nitrogens with zero attached hydrogens (tertiary/aromatic N) is 1. The van der Waals surface area contributed by atoms with Gasteiger partial charge in [0.1, 0.15) is 12.3 Å². The second-order valence-corrected chi connectivity index (χ2v) is 6.74. The fourth-order valence-corrected chi connectivity index (χ4v) is 1.73. The molecule has 0 aliphatic carbocycles. The Bertz CT molecular complexity index is 519. The van der Waals surface area contributed by atoms with Crippen LogP contribution in [0.25, 0.3) is 0 Å². The quantitative estimate of drug-likeness (QED) is 0.910. The third kappa shape index (κ3) is 7.11. The van der Waals surface area contributed by atoms with E-state index in [0.29, 0.717) is 5.75 Å². The molecule has 0 heterocycles. The minimum absolute atomic E-state index is 0.0739. The van der Waals surface area contributed by atoms with E-state index >= 15 is 0 Å². The zero-order chi connectivity index (χ0) is 16.8. The summed E-state index contributed by atoms with van der Waals surface area (Å²) < 4.78 is 5.20. The summed E-state index contributed by atoms with van der Waals surface area (Å²) in [6.07, 6.45) is 1.37. The Morgan fingerprint density at radius 2 is 1.91 bits per heavy atom. The molecule has 5 nitrogen and oxygen atoms in total. The van der Waals surface area contributed by atoms with Crippen LogP contribution in [0.3, 0.4) is 0 Å². The largest absolute Gasteiger partial charge is 0.413 e. The summed E-state index contributed by atoms with van der Waals surface area (Å²) in [5.41, 5.74) is 1.39. The average molecular weight is 306 g/mol. The summed E-state index contributed by atoms with van der Waals surface area (Å²) >= 11 is 0. The molecule has 0 spiro atoms. The number of nitrogens with one attached hydrogen (secondary N) is 1. The molecule has 0 aliphatic heterocycles. The van der Waals surface area contributed by atoms with Gasteiger partial charge in [-0.15, -0.1) is 0 Å². The van der Waals surface area contributed by atoms with Crippen molar-refractivity contribution in [3.63, 3.8) is 0 Å². The lowest BCUT2D eigenvalue weighted by atomic mass is 9.89. The van der Waals surface area contributed by atoms with Crippen LogP contribution in [-0.2, 0) is 11.2 Å². The average Bonchev–Trinajstić information content (AvgIpc) is 2.42. The summed E-state index contributed by atoms with van der Waals surface area (Å²) in [6, 6.07) is 7.48. The Kier molecular flexibility index (Phi) is 6.40. The minimum Gasteiger partial charge on any atom is -0.410 e. The van der Waals surface area contributed by atoms with Crippen LogP contribution in [0.2, 0.25) is 0 Å². The Hall–Kier alpha value is -2.04. The van der Waals surface area contributed by atoms with Gasteiger partial charge in [0.2, 0.25) is 5.91 Å². The number of likely N-dealkylation sites (N-methyl/N-ethyl adjacent to an activating group) is 1. The molecular formula is C17H26N2O3. The van der Waals surface area contributed by atoms with Crippen LogP contribution < -0.4 is 10.1 Å². The lowest BCUT2D eigenvalue weighted by Crippen LogP contribution is -2.37. The molecule has 0 saturated heterocycles. The summed E-state index contributed by atoms with van der Waals surface area (Å²) in [6.45, 7) is 6.52. The van der Waals surface area contributed by atoms with Gasteiger partial charge in [-0.25, -0.2) is 4.79 Å². The van der Waals surface area contributed by atoms with E-state index in [2.05, 4.69) is 26.1 Å². The normalized spacial score (nSPS) is 11.0. The van der Waals surface area contributed by atoms with Crippen LogP contribution in [-0.4, -0.2) is 37.5 Å². The van der Waals surface area contributed by atoms with E-state index < -0.39 is 6.09 Å². The first-order chi connectivity index (χ1) is 10.2. The fourth-order valence-electron chi connectivity index (χ4n) is 1.73. The van der Waals surface area contributed by atoms with Crippen molar-refractivity contribution < 1.29 is 14.3 Å². The maximum atomic E-state index is 11.7. The lowest BCUT2D eigenvalue weighted by molar-refractivity contribution is -0.127. The Morgan fingerprint density at radius 3 is 2.50 bits per heavy atom. The van der Waals surface area contributed by atoms with Gasteiger partial charge in [0.15, 0.2) is 0 Å². The standard InChI is InChI=1S/C17H26N2O3/c1-17(2,3)10-9-13-7-6-8-14(11-13)22-16(21)18-12-15(20)19(4)5/h6-8,11H,9-10,12H2,1-5H3,(H,18,21). The molecule has 0 bridgehead atoms. The Morgan fingerprint density at radius 1 is 1.23 bits per heavy atom. The molecule has 0 unspecified atom stereocenters. The van der Waals surface area contributed by atoms with E-state index in [1.165, 1.54) is 4.90 Å². The van der Waals surface area contributed by atoms with E-state index in [1.807, 2.05) is 18.2 Å². The molecule has 1 aromatic rings. The minimum atomic E-state index is -0.622. The highest BCUT2D eigenvalue weighted by atomic mass is 16.6. The number of ether oxygens (including phenoxy) is 1. The first-order valence-corrected chi connectivity index (χ1v) is 7.42. The van der Waals surface area contributed by atoms with Crippen LogP contribution in [0.5, 0.6) is 5.75 Å². The second-order valence-electron chi connectivity index (χ2n) is 6.74. The summed E-state index contributed by atoms with van der Waals surface area (Å²) in [7, 11) is 3.27. The highest BCUT2D eigenvalue weighted by molar-refractivity contribution is 5.82. The fraction of sp³-hybridized carbons (Fsp3) is 0.529. The topological polar surface area (TPSA) is 58.6 Å². The molecule has 122 valence electrons. The highest BCUT2D eigenvalue weighted by Crippen LogP contribution is 2.23. The monoisotopic (exact) mass is 306 g/mol. The maximum Gasteiger partial charge on any atom is 0.413 e. The van der Waals surface area contributed by atoms with Crippen molar-refractivity contribution in [2.75, 3.05) is 20.6 Å². The van der Waals surface area contributed by atoms with Crippen LogP contribution in [0, 0.1) is 5.41 Å². The zero-order valence-corrected chi connectivity index (χ0v) is 14.1. The number of carbonyl (C=O) groups excluding carboxylic acids is 2. The van der Waals surface area contributed by atoms with Crippen molar-refractivity contribution in [1.29, 1.82) is 0 Å². The summed E-state index contributed by atoms with van der Waals surface area (Å²) in [5, 5.41) is 2.44. The molecule has 2 amide bonds. The van der Waals surface area contributed by atoms with Gasteiger partial charge in [-0.05, 0) is 36.0 Å². The van der Waals surface area contributed by atoms with Crippen molar-refractivity contribution in [3.05, 3.63) is 29.8 Å². The number of carbonyl (C=O) groups is 2. The zero-order valence-electron chi connectivity index (χ0n) is 14.1. The van der Waals surface area contributed by atoms with Gasteiger partial charge in [-0.1, -0.05) is 32.9 Å². The number of hydrogen-bond acceptors (Lipinski definition) is 3. The van der Waals surface area contributed by atoms with E-state index in [1.54, 1.807) is 20.2 Å². The third-order valence-electron chi connectivity index (χ3n) is 3.16. The van der Waals surface area contributed by atoms with Gasteiger partial charge in [-0.2, -0.15) is 0 Å². The van der Waals surface area contributed by atoms with Gasteiger partial charge in [0.25, 0.3) is 0 Å². The lowest BCUT2D eigenvalue weighted by Gasteiger charge is -2.18. The van der Waals surface area contributed by atoms with Crippen molar-refractivity contribution in [1.82, 2.24) is 10.2 Å². The van der Waals surface area contributed by atoms with E-state index in [4.69, 9.17) is 4.74 Å². The number of amides is 2. The molecule has 1 aromatic carbocycles. The molecule has 0 radical (unpaired) electrons. The van der Waals surface area contributed by atoms with Crippen molar-refractivity contribution >= 4 is 12.0 Å². The highest BCUT2D eigenvalue weighted by Gasteiger charge is 2.11. The molecule has 0 fully saturated rings. The third-order valence-corrected chi connectivity index (χ3v) is 3.16. The van der Waals surface area contributed by atoms with Gasteiger partial charge in [0, 0.05) is 14.1 Å². The predicted octanol–water partition coefficient (Wildman–Crippen LogP) is 2.84. The molecule has 0 aliphatic rings. The predicted molar refractivity (Wildman–Crippen MR) is 86.9 cm³/mol. The van der Waals surface area contributed by atoms with Gasteiger partial charge in [0.05, 0.1) is 0 Å². The molecule has 0 saturated carbocycles. The van der Waals surface area contributed by atoms with Crippen LogP contribution in [0.4, 0.5) is 4.79 Å². The van der Waals surface area contributed by atoms with E-state index in [-0.39, 0.29) is 17.9 Å². The van der Waals surface area contributed by atoms with Crippen molar-refractivity contribution in [2.24, 2.45) is 5.41 Å². The summed E-state index contributed by atoms with van der Waals surface area (Å²) in [4.78, 5) is 24.5. The molecule has 5 heteroatoms. The SMILES string of the molecule is CN(C)C(=O)CNC(=O)Oc1cccc(CCC(C)(C)C)c1. The van der Waals surface area contributed by atoms with Gasteiger partial charge < -0.3 is 15.0 Å². The number of hydrogen-bond donors (Lipinski definition) is 1. The smallest absolute Gasteiger partial charge is 0.410 e. The van der Waals surface area contributed by atoms with Crippen LogP contribution in [0.15, 0.2) is 24.3 Å². The van der Waals surface area contributed by atoms with Crippen LogP contribution in [0.1, 0.15) is 32.8 Å². The van der Waals surface area contributed by atoms with E-state index in [0.717, 1.165) is 18.4 Å². The number of aryl methyl sites for hydroxylation is 1. The molecule has 1 N–H and O–H groups in total. The maximum absolute atomic E-state index is 11.7. The number of benzene rings is 1. The van der Waals surface area contributed by atoms with E-state index in [9.17, 15) is 9.59 Å². The Balaban J connectivity index is 2.52. The molecule has 0 aromatic heterocycles. The first kappa shape index (κ1) is 18.0. The van der Waals surface area contributed by atoms with Gasteiger partial charge >= 0.3 is 6.09 Å². The first-order valence-electron chi connectivity index (χ1n) is 7.42. The molecule has 1 rings (SSSR count). The Labute approximate surface area is 132 Å². The van der Waals surface area contributed by atoms with Gasteiger partial charge in [-0.3, -0.25) is 4.79 Å². The summed E-state index contributed by atoms with van der Waals surface area (Å²) in [5.74, 6) is 0.303. The van der Waals surface area contributed by atoms with Crippen molar-refractivity contribution in [3.8, 4) is 5.75 Å².